The molecule has 1 aromatic heterocycles. The number of carbonyl (C=O) groups is 2. The van der Waals surface area contributed by atoms with E-state index in [1.54, 1.807) is 29.7 Å². The molecular weight excluding hydrogens is 414 g/mol. The maximum absolute atomic E-state index is 12.7. The Kier molecular flexibility index (Phi) is 4.95. The van der Waals surface area contributed by atoms with Gasteiger partial charge in [-0.3, -0.25) is 14.6 Å². The second kappa shape index (κ2) is 7.53. The fourth-order valence-corrected chi connectivity index (χ4v) is 3.42. The number of hydrazine groups is 1. The van der Waals surface area contributed by atoms with Crippen LogP contribution >= 0.6 is 15.9 Å². The number of halogens is 1. The van der Waals surface area contributed by atoms with E-state index in [2.05, 4.69) is 31.8 Å². The average molecular weight is 432 g/mol. The molecule has 2 aliphatic heterocycles. The second-order valence-electron chi connectivity index (χ2n) is 6.37. The molecule has 0 bridgehead atoms. The lowest BCUT2D eigenvalue weighted by molar-refractivity contribution is -0.140. The van der Waals surface area contributed by atoms with Crippen molar-refractivity contribution in [2.24, 2.45) is 5.10 Å². The van der Waals surface area contributed by atoms with E-state index in [1.165, 1.54) is 5.01 Å². The Morgan fingerprint density at radius 1 is 1.33 bits per heavy atom. The quantitative estimate of drug-likeness (QED) is 0.752. The fourth-order valence-electron chi connectivity index (χ4n) is 3.16. The van der Waals surface area contributed by atoms with Crippen LogP contribution in [0, 0.1) is 0 Å². The van der Waals surface area contributed by atoms with Gasteiger partial charge in [0.25, 0.3) is 5.91 Å². The monoisotopic (exact) mass is 431 g/mol. The summed E-state index contributed by atoms with van der Waals surface area (Å²) in [6.45, 7) is 0.156. The summed E-state index contributed by atoms with van der Waals surface area (Å²) in [5, 5.41) is 9.76. The minimum atomic E-state index is -0.381. The summed E-state index contributed by atoms with van der Waals surface area (Å²) in [6, 6.07) is 11.1. The molecular formula is C18H18BrN5O3. The summed E-state index contributed by atoms with van der Waals surface area (Å²) in [4.78, 5) is 24.8. The highest BCUT2D eigenvalue weighted by Crippen LogP contribution is 2.30. The Labute approximate surface area is 164 Å². The van der Waals surface area contributed by atoms with Crippen molar-refractivity contribution in [1.29, 1.82) is 0 Å². The molecule has 1 saturated heterocycles. The van der Waals surface area contributed by atoms with Crippen LogP contribution in [0.2, 0.25) is 0 Å². The molecule has 2 unspecified atom stereocenters. The van der Waals surface area contributed by atoms with E-state index in [-0.39, 0.29) is 37.0 Å². The predicted octanol–water partition coefficient (Wildman–Crippen LogP) is 1.76. The van der Waals surface area contributed by atoms with Crippen LogP contribution in [0.4, 0.5) is 0 Å². The lowest BCUT2D eigenvalue weighted by Crippen LogP contribution is -2.52. The topological polar surface area (TPSA) is 90.2 Å². The first kappa shape index (κ1) is 17.7. The normalized spacial score (nSPS) is 21.4. The second-order valence-corrected chi connectivity index (χ2v) is 7.29. The third-order valence-electron chi connectivity index (χ3n) is 4.56. The van der Waals surface area contributed by atoms with Gasteiger partial charge in [-0.2, -0.15) is 5.10 Å². The molecule has 0 saturated carbocycles. The molecule has 2 atom stereocenters. The summed E-state index contributed by atoms with van der Waals surface area (Å²) in [5.41, 5.74) is 4.38. The summed E-state index contributed by atoms with van der Waals surface area (Å²) >= 11 is 3.42. The van der Waals surface area contributed by atoms with Crippen molar-refractivity contribution in [2.45, 2.75) is 25.0 Å². The molecule has 2 aromatic rings. The average Bonchev–Trinajstić information content (AvgIpc) is 3.33. The molecule has 8 nitrogen and oxygen atoms in total. The predicted molar refractivity (Wildman–Crippen MR) is 101 cm³/mol. The molecule has 3 heterocycles. The van der Waals surface area contributed by atoms with Gasteiger partial charge >= 0.3 is 0 Å². The van der Waals surface area contributed by atoms with Gasteiger partial charge in [0.1, 0.15) is 24.7 Å². The molecule has 27 heavy (non-hydrogen) atoms. The van der Waals surface area contributed by atoms with Gasteiger partial charge in [0.2, 0.25) is 5.91 Å². The standard InChI is InChI=1S/C18H18BrN5O3/c19-13-5-3-12(4-6-13)15-8-16-18(26)23(21-11-24(16)22-15)10-17(25)20-9-14-2-1-7-27-14/h1-7,11,15-16,22H,8-10H2,(H,20,25). The van der Waals surface area contributed by atoms with Crippen LogP contribution in [0.15, 0.2) is 56.7 Å². The van der Waals surface area contributed by atoms with Crippen LogP contribution in [0.25, 0.3) is 0 Å². The molecule has 0 spiro atoms. The van der Waals surface area contributed by atoms with Gasteiger partial charge in [0.15, 0.2) is 0 Å². The number of carbonyl (C=O) groups excluding carboxylic acids is 2. The highest BCUT2D eigenvalue weighted by atomic mass is 79.9. The van der Waals surface area contributed by atoms with Gasteiger partial charge in [-0.05, 0) is 36.2 Å². The smallest absolute Gasteiger partial charge is 0.267 e. The number of nitrogens with one attached hydrogen (secondary N) is 2. The number of benzene rings is 1. The van der Waals surface area contributed by atoms with E-state index in [9.17, 15) is 9.59 Å². The maximum atomic E-state index is 12.7. The van der Waals surface area contributed by atoms with Crippen molar-refractivity contribution in [3.8, 4) is 0 Å². The third-order valence-corrected chi connectivity index (χ3v) is 5.09. The van der Waals surface area contributed by atoms with Gasteiger partial charge < -0.3 is 9.73 Å². The molecule has 2 aliphatic rings. The molecule has 9 heteroatoms. The van der Waals surface area contributed by atoms with Crippen LogP contribution in [0.5, 0.6) is 0 Å². The van der Waals surface area contributed by atoms with Crippen molar-refractivity contribution in [1.82, 2.24) is 20.8 Å². The van der Waals surface area contributed by atoms with Crippen molar-refractivity contribution in [2.75, 3.05) is 6.54 Å². The Balaban J connectivity index is 1.35. The first-order valence-electron chi connectivity index (χ1n) is 8.54. The summed E-state index contributed by atoms with van der Waals surface area (Å²) in [5.74, 6) is 0.166. The first-order chi connectivity index (χ1) is 13.1. The van der Waals surface area contributed by atoms with Gasteiger partial charge in [-0.15, -0.1) is 0 Å². The minimum Gasteiger partial charge on any atom is -0.467 e. The molecule has 1 aromatic carbocycles. The van der Waals surface area contributed by atoms with Gasteiger partial charge in [-0.1, -0.05) is 28.1 Å². The Hall–Kier alpha value is -2.65. The van der Waals surface area contributed by atoms with Crippen LogP contribution in [-0.4, -0.2) is 40.8 Å². The number of hydrogen-bond acceptors (Lipinski definition) is 6. The van der Waals surface area contributed by atoms with Crippen LogP contribution in [0.3, 0.4) is 0 Å². The lowest BCUT2D eigenvalue weighted by atomic mass is 10.0. The number of hydrogen-bond donors (Lipinski definition) is 2. The molecule has 140 valence electrons. The highest BCUT2D eigenvalue weighted by Gasteiger charge is 2.41. The van der Waals surface area contributed by atoms with Gasteiger partial charge in [-0.25, -0.2) is 10.4 Å². The van der Waals surface area contributed by atoms with Crippen molar-refractivity contribution >= 4 is 34.1 Å². The molecule has 4 rings (SSSR count). The summed E-state index contributed by atoms with van der Waals surface area (Å²) in [6.07, 6.45) is 3.71. The first-order valence-corrected chi connectivity index (χ1v) is 9.34. The van der Waals surface area contributed by atoms with Crippen molar-refractivity contribution in [3.05, 3.63) is 58.5 Å². The van der Waals surface area contributed by atoms with Crippen LogP contribution < -0.4 is 10.7 Å². The zero-order valence-corrected chi connectivity index (χ0v) is 15.9. The van der Waals surface area contributed by atoms with E-state index >= 15 is 0 Å². The third kappa shape index (κ3) is 3.88. The Morgan fingerprint density at radius 3 is 2.89 bits per heavy atom. The molecule has 2 N–H and O–H groups in total. The number of fused-ring (bicyclic) bond motifs is 1. The SMILES string of the molecule is O=C(CN1N=CN2NC(c3ccc(Br)cc3)CC2C1=O)NCc1ccco1. The largest absolute Gasteiger partial charge is 0.467 e. The minimum absolute atomic E-state index is 0.0197. The molecule has 0 radical (unpaired) electrons. The number of furan rings is 1. The molecule has 0 aliphatic carbocycles. The fraction of sp³-hybridized carbons (Fsp3) is 0.278. The zero-order valence-electron chi connectivity index (χ0n) is 14.3. The zero-order chi connectivity index (χ0) is 18.8. The molecule has 1 fully saturated rings. The number of nitrogens with zero attached hydrogens (tertiary/aromatic N) is 3. The number of rotatable bonds is 5. The number of amides is 2. The summed E-state index contributed by atoms with van der Waals surface area (Å²) in [7, 11) is 0. The van der Waals surface area contributed by atoms with E-state index in [0.29, 0.717) is 12.2 Å². The van der Waals surface area contributed by atoms with Gasteiger partial charge in [0.05, 0.1) is 18.8 Å². The Bertz CT molecular complexity index is 852. The van der Waals surface area contributed by atoms with E-state index in [0.717, 1.165) is 10.0 Å². The van der Waals surface area contributed by atoms with Crippen molar-refractivity contribution < 1.29 is 14.0 Å². The van der Waals surface area contributed by atoms with E-state index < -0.39 is 0 Å². The van der Waals surface area contributed by atoms with Gasteiger partial charge in [0, 0.05) is 4.47 Å². The molecule has 2 amide bonds. The van der Waals surface area contributed by atoms with Crippen LogP contribution in [-0.2, 0) is 16.1 Å². The maximum Gasteiger partial charge on any atom is 0.267 e. The van der Waals surface area contributed by atoms with Crippen molar-refractivity contribution in [3.63, 3.8) is 0 Å². The summed E-state index contributed by atoms with van der Waals surface area (Å²) < 4.78 is 6.18. The van der Waals surface area contributed by atoms with E-state index in [1.807, 2.05) is 24.3 Å². The lowest BCUT2D eigenvalue weighted by Gasteiger charge is -2.29. The van der Waals surface area contributed by atoms with Crippen LogP contribution in [0.1, 0.15) is 23.8 Å². The number of hydrazone groups is 1. The van der Waals surface area contributed by atoms with E-state index in [4.69, 9.17) is 4.42 Å². The Morgan fingerprint density at radius 2 is 2.15 bits per heavy atom. The highest BCUT2D eigenvalue weighted by molar-refractivity contribution is 9.10.